The molecular weight excluding hydrogens is 320 g/mol. The zero-order valence-electron chi connectivity index (χ0n) is 13.1. The molecule has 0 radical (unpaired) electrons. The number of thioether (sulfide) groups is 1. The van der Waals surface area contributed by atoms with Crippen LogP contribution < -0.4 is 0 Å². The van der Waals surface area contributed by atoms with E-state index in [-0.39, 0.29) is 23.8 Å². The second-order valence-corrected chi connectivity index (χ2v) is 6.15. The van der Waals surface area contributed by atoms with Crippen molar-refractivity contribution < 1.29 is 13.6 Å². The molecule has 0 spiro atoms. The lowest BCUT2D eigenvalue weighted by Crippen LogP contribution is -2.28. The minimum Gasteiger partial charge on any atom is -0.341 e. The highest BCUT2D eigenvalue weighted by atomic mass is 32.2. The van der Waals surface area contributed by atoms with E-state index in [2.05, 4.69) is 9.97 Å². The van der Waals surface area contributed by atoms with Gasteiger partial charge in [0.25, 0.3) is 0 Å². The third kappa shape index (κ3) is 4.99. The largest absolute Gasteiger partial charge is 0.341 e. The number of aryl methyl sites for hydroxylation is 2. The zero-order valence-corrected chi connectivity index (χ0v) is 14.0. The van der Waals surface area contributed by atoms with Crippen molar-refractivity contribution in [1.29, 1.82) is 0 Å². The number of amides is 1. The predicted octanol–water partition coefficient (Wildman–Crippen LogP) is 3.12. The summed E-state index contributed by atoms with van der Waals surface area (Å²) in [4.78, 5) is 22.0. The molecule has 122 valence electrons. The summed E-state index contributed by atoms with van der Waals surface area (Å²) < 4.78 is 26.5. The van der Waals surface area contributed by atoms with Crippen LogP contribution in [0, 0.1) is 25.5 Å². The van der Waals surface area contributed by atoms with Gasteiger partial charge in [0, 0.05) is 36.6 Å². The Morgan fingerprint density at radius 3 is 2.43 bits per heavy atom. The minimum absolute atomic E-state index is 0.0825. The fraction of sp³-hybridized carbons (Fsp3) is 0.312. The molecule has 0 fully saturated rings. The van der Waals surface area contributed by atoms with Crippen molar-refractivity contribution in [3.63, 3.8) is 0 Å². The molecular formula is C16H17F2N3OS. The lowest BCUT2D eigenvalue weighted by molar-refractivity contribution is -0.127. The van der Waals surface area contributed by atoms with Crippen LogP contribution in [0.15, 0.2) is 29.4 Å². The summed E-state index contributed by atoms with van der Waals surface area (Å²) in [6.07, 6.45) is 0. The molecule has 0 aliphatic rings. The van der Waals surface area contributed by atoms with Crippen molar-refractivity contribution >= 4 is 17.7 Å². The molecule has 23 heavy (non-hydrogen) atoms. The molecule has 2 aromatic rings. The minimum atomic E-state index is -0.657. The van der Waals surface area contributed by atoms with E-state index in [0.717, 1.165) is 17.5 Å². The number of halogens is 2. The molecule has 7 heteroatoms. The average Bonchev–Trinajstić information content (AvgIpc) is 2.46. The van der Waals surface area contributed by atoms with Crippen LogP contribution in [-0.2, 0) is 11.3 Å². The van der Waals surface area contributed by atoms with E-state index in [1.807, 2.05) is 19.9 Å². The fourth-order valence-corrected chi connectivity index (χ4v) is 2.88. The lowest BCUT2D eigenvalue weighted by Gasteiger charge is -2.17. The summed E-state index contributed by atoms with van der Waals surface area (Å²) in [5.41, 5.74) is 1.96. The zero-order chi connectivity index (χ0) is 17.0. The normalized spacial score (nSPS) is 10.7. The van der Waals surface area contributed by atoms with Crippen LogP contribution in [0.3, 0.4) is 0 Å². The fourth-order valence-electron chi connectivity index (χ4n) is 1.99. The van der Waals surface area contributed by atoms with Crippen molar-refractivity contribution in [3.05, 3.63) is 52.9 Å². The van der Waals surface area contributed by atoms with Crippen molar-refractivity contribution in [2.45, 2.75) is 25.5 Å². The molecule has 0 saturated carbocycles. The molecule has 0 N–H and O–H groups in total. The van der Waals surface area contributed by atoms with Crippen LogP contribution in [0.25, 0.3) is 0 Å². The first-order valence-electron chi connectivity index (χ1n) is 6.98. The molecule has 1 heterocycles. The number of hydrogen-bond donors (Lipinski definition) is 0. The molecule has 1 aromatic heterocycles. The van der Waals surface area contributed by atoms with E-state index >= 15 is 0 Å². The van der Waals surface area contributed by atoms with Gasteiger partial charge in [-0.25, -0.2) is 18.7 Å². The molecule has 2 rings (SSSR count). The summed E-state index contributed by atoms with van der Waals surface area (Å²) in [5, 5.41) is 0.539. The number of carbonyl (C=O) groups excluding carboxylic acids is 1. The smallest absolute Gasteiger partial charge is 0.233 e. The first-order chi connectivity index (χ1) is 10.8. The maximum atomic E-state index is 13.6. The van der Waals surface area contributed by atoms with Crippen molar-refractivity contribution in [3.8, 4) is 0 Å². The summed E-state index contributed by atoms with van der Waals surface area (Å²) in [7, 11) is 1.58. The van der Waals surface area contributed by atoms with Gasteiger partial charge in [0.05, 0.1) is 5.75 Å². The molecule has 1 amide bonds. The highest BCUT2D eigenvalue weighted by Crippen LogP contribution is 2.16. The Morgan fingerprint density at radius 1 is 1.17 bits per heavy atom. The summed E-state index contributed by atoms with van der Waals surface area (Å²) in [6.45, 7) is 3.81. The van der Waals surface area contributed by atoms with Gasteiger partial charge in [0.2, 0.25) is 5.91 Å². The maximum Gasteiger partial charge on any atom is 0.233 e. The Labute approximate surface area is 137 Å². The summed E-state index contributed by atoms with van der Waals surface area (Å²) in [5.74, 6) is -1.32. The van der Waals surface area contributed by atoms with Crippen LogP contribution >= 0.6 is 11.8 Å². The second kappa shape index (κ2) is 7.50. The standard InChI is InChI=1S/C16H17F2N3OS/c1-10-6-11(2)20-16(19-10)23-9-15(22)21(3)8-12-4-5-13(17)7-14(12)18/h4-7H,8-9H2,1-3H3. The van der Waals surface area contributed by atoms with Crippen molar-refractivity contribution in [1.82, 2.24) is 14.9 Å². The molecule has 0 aliphatic heterocycles. The third-order valence-electron chi connectivity index (χ3n) is 3.13. The van der Waals surface area contributed by atoms with Gasteiger partial charge in [0.1, 0.15) is 11.6 Å². The molecule has 0 saturated heterocycles. The molecule has 4 nitrogen and oxygen atoms in total. The van der Waals surface area contributed by atoms with Crippen molar-refractivity contribution in [2.75, 3.05) is 12.8 Å². The number of hydrogen-bond acceptors (Lipinski definition) is 4. The molecule has 0 aliphatic carbocycles. The average molecular weight is 337 g/mol. The Hall–Kier alpha value is -2.02. The van der Waals surface area contributed by atoms with Gasteiger partial charge >= 0.3 is 0 Å². The van der Waals surface area contributed by atoms with Crippen LogP contribution in [0.4, 0.5) is 8.78 Å². The monoisotopic (exact) mass is 337 g/mol. The number of benzene rings is 1. The number of carbonyl (C=O) groups is 1. The molecule has 0 atom stereocenters. The highest BCUT2D eigenvalue weighted by molar-refractivity contribution is 7.99. The lowest BCUT2D eigenvalue weighted by atomic mass is 10.2. The van der Waals surface area contributed by atoms with Crippen LogP contribution in [0.1, 0.15) is 17.0 Å². The van der Waals surface area contributed by atoms with E-state index in [9.17, 15) is 13.6 Å². The Bertz CT molecular complexity index is 704. The van der Waals surface area contributed by atoms with Gasteiger partial charge in [-0.2, -0.15) is 0 Å². The number of nitrogens with zero attached hydrogens (tertiary/aromatic N) is 3. The SMILES string of the molecule is Cc1cc(C)nc(SCC(=O)N(C)Cc2ccc(F)cc2F)n1. The molecule has 1 aromatic carbocycles. The Morgan fingerprint density at radius 2 is 1.83 bits per heavy atom. The van der Waals surface area contributed by atoms with Crippen LogP contribution in [0.2, 0.25) is 0 Å². The van der Waals surface area contributed by atoms with Gasteiger partial charge in [-0.3, -0.25) is 4.79 Å². The number of rotatable bonds is 5. The van der Waals surface area contributed by atoms with E-state index in [1.54, 1.807) is 7.05 Å². The van der Waals surface area contributed by atoms with Gasteiger partial charge < -0.3 is 4.90 Å². The van der Waals surface area contributed by atoms with Gasteiger partial charge in [-0.1, -0.05) is 17.8 Å². The molecule has 0 unspecified atom stereocenters. The first-order valence-corrected chi connectivity index (χ1v) is 7.96. The van der Waals surface area contributed by atoms with Crippen LogP contribution in [-0.4, -0.2) is 33.6 Å². The molecule has 0 bridgehead atoms. The number of aromatic nitrogens is 2. The van der Waals surface area contributed by atoms with E-state index in [1.165, 1.54) is 28.8 Å². The topological polar surface area (TPSA) is 46.1 Å². The summed E-state index contributed by atoms with van der Waals surface area (Å²) >= 11 is 1.24. The van der Waals surface area contributed by atoms with Gasteiger partial charge in [-0.15, -0.1) is 0 Å². The highest BCUT2D eigenvalue weighted by Gasteiger charge is 2.13. The van der Waals surface area contributed by atoms with E-state index in [4.69, 9.17) is 0 Å². The first kappa shape index (κ1) is 17.3. The van der Waals surface area contributed by atoms with Crippen LogP contribution in [0.5, 0.6) is 0 Å². The quantitative estimate of drug-likeness (QED) is 0.621. The Kier molecular flexibility index (Phi) is 5.65. The van der Waals surface area contributed by atoms with E-state index < -0.39 is 11.6 Å². The van der Waals surface area contributed by atoms with Gasteiger partial charge in [-0.05, 0) is 26.0 Å². The summed E-state index contributed by atoms with van der Waals surface area (Å²) in [6, 6.07) is 5.19. The predicted molar refractivity (Wildman–Crippen MR) is 85.1 cm³/mol. The van der Waals surface area contributed by atoms with Gasteiger partial charge in [0.15, 0.2) is 5.16 Å². The van der Waals surface area contributed by atoms with Crippen molar-refractivity contribution in [2.24, 2.45) is 0 Å². The van der Waals surface area contributed by atoms with E-state index in [0.29, 0.717) is 5.16 Å². The second-order valence-electron chi connectivity index (χ2n) is 5.21. The third-order valence-corrected chi connectivity index (χ3v) is 3.97. The maximum absolute atomic E-state index is 13.6. The Balaban J connectivity index is 1.94.